The number of hydrogen-bond donors (Lipinski definition) is 6. The molecule has 5 fully saturated rings. The minimum Gasteiger partial charge on any atom is -0.458 e. The first-order valence-electron chi connectivity index (χ1n) is 14.6. The van der Waals surface area contributed by atoms with Crippen molar-refractivity contribution in [2.75, 3.05) is 6.61 Å². The van der Waals surface area contributed by atoms with E-state index in [1.165, 1.54) is 0 Å². The van der Waals surface area contributed by atoms with E-state index in [1.54, 1.807) is 13.0 Å². The molecule has 220 valence electrons. The highest BCUT2D eigenvalue weighted by Crippen LogP contribution is 2.70. The number of aliphatic hydroxyl groups excluding tert-OH is 4. The topological polar surface area (TPSA) is 166 Å². The van der Waals surface area contributed by atoms with Gasteiger partial charge in [0.2, 0.25) is 0 Å². The molecule has 39 heavy (non-hydrogen) atoms. The summed E-state index contributed by atoms with van der Waals surface area (Å²) in [6.45, 7) is 5.95. The van der Waals surface area contributed by atoms with Crippen molar-refractivity contribution >= 4 is 5.97 Å². The van der Waals surface area contributed by atoms with E-state index in [0.717, 1.165) is 24.8 Å². The Balaban J connectivity index is 1.23. The van der Waals surface area contributed by atoms with E-state index in [-0.39, 0.29) is 43.2 Å². The second kappa shape index (κ2) is 9.19. The molecule has 6 aliphatic rings. The smallest absolute Gasteiger partial charge is 0.331 e. The molecule has 2 aliphatic heterocycles. The fourth-order valence-electron chi connectivity index (χ4n) is 9.86. The highest BCUT2D eigenvalue weighted by atomic mass is 16.7. The number of ether oxygens (including phenoxy) is 3. The third-order valence-corrected chi connectivity index (χ3v) is 12.3. The molecule has 0 aromatic carbocycles. The number of cyclic esters (lactones) is 1. The number of carbonyl (C=O) groups is 1. The molecule has 6 N–H and O–H groups in total. The molecule has 4 saturated carbocycles. The molecule has 4 aliphatic carbocycles. The van der Waals surface area contributed by atoms with Crippen LogP contribution in [0.2, 0.25) is 0 Å². The Morgan fingerprint density at radius 1 is 0.949 bits per heavy atom. The van der Waals surface area contributed by atoms with Gasteiger partial charge in [0.25, 0.3) is 0 Å². The van der Waals surface area contributed by atoms with Crippen molar-refractivity contribution in [1.82, 2.24) is 0 Å². The summed E-state index contributed by atoms with van der Waals surface area (Å²) in [6, 6.07) is 0. The summed E-state index contributed by atoms with van der Waals surface area (Å²) in [6.07, 6.45) is -1.71. The van der Waals surface area contributed by atoms with Crippen LogP contribution in [0.5, 0.6) is 0 Å². The van der Waals surface area contributed by atoms with Crippen molar-refractivity contribution in [3.8, 4) is 0 Å². The first-order chi connectivity index (χ1) is 18.2. The van der Waals surface area contributed by atoms with Gasteiger partial charge in [0, 0.05) is 29.7 Å². The summed E-state index contributed by atoms with van der Waals surface area (Å²) >= 11 is 0. The lowest BCUT2D eigenvalue weighted by atomic mass is 9.41. The van der Waals surface area contributed by atoms with Gasteiger partial charge in [-0.25, -0.2) is 4.79 Å². The lowest BCUT2D eigenvalue weighted by Crippen LogP contribution is -2.71. The summed E-state index contributed by atoms with van der Waals surface area (Å²) in [5.41, 5.74) is -2.55. The molecular weight excluding hydrogens is 508 g/mol. The zero-order chi connectivity index (χ0) is 28.1. The Kier molecular flexibility index (Phi) is 6.61. The Labute approximate surface area is 229 Å². The molecule has 14 atom stereocenters. The predicted octanol–water partition coefficient (Wildman–Crippen LogP) is 0.542. The van der Waals surface area contributed by atoms with Crippen molar-refractivity contribution in [2.24, 2.45) is 28.6 Å². The van der Waals surface area contributed by atoms with Crippen LogP contribution >= 0.6 is 0 Å². The van der Waals surface area contributed by atoms with Crippen molar-refractivity contribution in [2.45, 2.75) is 126 Å². The lowest BCUT2D eigenvalue weighted by Gasteiger charge is -2.67. The van der Waals surface area contributed by atoms with E-state index in [4.69, 9.17) is 14.2 Å². The van der Waals surface area contributed by atoms with E-state index in [9.17, 15) is 35.4 Å². The number of aliphatic hydroxyl groups is 6. The summed E-state index contributed by atoms with van der Waals surface area (Å²) in [5, 5.41) is 66.8. The predicted molar refractivity (Wildman–Crippen MR) is 136 cm³/mol. The second-order valence-electron chi connectivity index (χ2n) is 13.8. The van der Waals surface area contributed by atoms with Gasteiger partial charge in [-0.2, -0.15) is 0 Å². The van der Waals surface area contributed by atoms with Gasteiger partial charge >= 0.3 is 5.97 Å². The van der Waals surface area contributed by atoms with Crippen LogP contribution in [0.3, 0.4) is 0 Å². The van der Waals surface area contributed by atoms with Gasteiger partial charge in [-0.3, -0.25) is 0 Å². The zero-order valence-corrected chi connectivity index (χ0v) is 23.0. The minimum atomic E-state index is -1.46. The van der Waals surface area contributed by atoms with Gasteiger partial charge in [0.15, 0.2) is 6.29 Å². The van der Waals surface area contributed by atoms with Gasteiger partial charge in [-0.1, -0.05) is 13.8 Å². The van der Waals surface area contributed by atoms with Crippen LogP contribution in [0.4, 0.5) is 0 Å². The Morgan fingerprint density at radius 2 is 1.67 bits per heavy atom. The maximum absolute atomic E-state index is 12.4. The van der Waals surface area contributed by atoms with Gasteiger partial charge in [0.1, 0.15) is 24.9 Å². The van der Waals surface area contributed by atoms with E-state index >= 15 is 0 Å². The summed E-state index contributed by atoms with van der Waals surface area (Å²) < 4.78 is 16.8. The quantitative estimate of drug-likeness (QED) is 0.215. The van der Waals surface area contributed by atoms with Crippen molar-refractivity contribution in [1.29, 1.82) is 0 Å². The van der Waals surface area contributed by atoms with Crippen LogP contribution in [0, 0.1) is 28.6 Å². The fourth-order valence-corrected chi connectivity index (χ4v) is 9.86. The largest absolute Gasteiger partial charge is 0.458 e. The first kappa shape index (κ1) is 28.0. The summed E-state index contributed by atoms with van der Waals surface area (Å²) in [4.78, 5) is 11.8. The molecule has 10 heteroatoms. The second-order valence-corrected chi connectivity index (χ2v) is 13.8. The normalized spacial score (nSPS) is 57.3. The van der Waals surface area contributed by atoms with E-state index in [0.29, 0.717) is 19.3 Å². The molecule has 0 amide bonds. The Bertz CT molecular complexity index is 1030. The Hall–Kier alpha value is -1.11. The third-order valence-electron chi connectivity index (χ3n) is 12.3. The molecule has 10 nitrogen and oxygen atoms in total. The molecule has 2 heterocycles. The van der Waals surface area contributed by atoms with Crippen LogP contribution in [0.15, 0.2) is 11.6 Å². The third kappa shape index (κ3) is 3.79. The highest BCUT2D eigenvalue weighted by molar-refractivity contribution is 5.85. The molecule has 6 rings (SSSR count). The number of rotatable bonds is 3. The van der Waals surface area contributed by atoms with Gasteiger partial charge in [0.05, 0.1) is 29.5 Å². The van der Waals surface area contributed by atoms with E-state index in [2.05, 4.69) is 6.92 Å². The molecule has 0 radical (unpaired) electrons. The number of carbonyl (C=O) groups excluding carboxylic acids is 1. The fraction of sp³-hybridized carbons (Fsp3) is 0.897. The summed E-state index contributed by atoms with van der Waals surface area (Å²) in [7, 11) is 0. The lowest BCUT2D eigenvalue weighted by molar-refractivity contribution is -0.329. The maximum atomic E-state index is 12.4. The van der Waals surface area contributed by atoms with E-state index in [1.807, 2.05) is 6.92 Å². The van der Waals surface area contributed by atoms with Crippen LogP contribution in [-0.4, -0.2) is 97.3 Å². The molecule has 1 saturated heterocycles. The number of fused-ring (bicyclic) bond motifs is 5. The van der Waals surface area contributed by atoms with Gasteiger partial charge in [-0.15, -0.1) is 0 Å². The average molecular weight is 553 g/mol. The van der Waals surface area contributed by atoms with Crippen molar-refractivity contribution in [3.63, 3.8) is 0 Å². The molecule has 0 unspecified atom stereocenters. The number of esters is 1. The molecule has 0 aromatic rings. The SMILES string of the molecule is C[C@@H]1O[C@@H](O[C@@H]2C[C@H](O)[C@]3(C)[C@@H]4CC[C@]5(C)[C@@H](C6=CC(=O)OC6)CC[C@]5(O)[C@H]4CC[C@@]3(O)C2)[C@H](O)[C@H](O)[C@H]1O. The van der Waals surface area contributed by atoms with Gasteiger partial charge < -0.3 is 44.8 Å². The summed E-state index contributed by atoms with van der Waals surface area (Å²) in [5.74, 6) is -0.455. The highest BCUT2D eigenvalue weighted by Gasteiger charge is 2.72. The zero-order valence-electron chi connectivity index (χ0n) is 23.0. The van der Waals surface area contributed by atoms with Crippen LogP contribution < -0.4 is 0 Å². The van der Waals surface area contributed by atoms with Crippen LogP contribution in [0.1, 0.15) is 72.1 Å². The average Bonchev–Trinajstić information content (AvgIpc) is 3.42. The van der Waals surface area contributed by atoms with Crippen LogP contribution in [-0.2, 0) is 19.0 Å². The van der Waals surface area contributed by atoms with Gasteiger partial charge in [-0.05, 0) is 68.8 Å². The van der Waals surface area contributed by atoms with Crippen molar-refractivity contribution in [3.05, 3.63) is 11.6 Å². The standard InChI is InChI=1S/C29H44O10/c1-14-22(32)23(33)24(34)25(38-14)39-16-11-20(30)27(3)18-4-7-26(2)17(15-10-21(31)37-13-15)6-9-29(26,36)19(18)5-8-28(27,35)12-16/h10,14,16-20,22-25,30,32-36H,4-9,11-13H2,1-3H3/t14-,16+,17+,18+,19-,20-,22-,23+,24+,25-,26+,27-,28+,29-/m0/s1. The van der Waals surface area contributed by atoms with Crippen LogP contribution in [0.25, 0.3) is 0 Å². The molecule has 0 aromatic heterocycles. The molecule has 0 bridgehead atoms. The minimum absolute atomic E-state index is 0.0655. The number of hydrogen-bond acceptors (Lipinski definition) is 10. The van der Waals surface area contributed by atoms with E-state index < -0.39 is 64.9 Å². The molecular formula is C29H44O10. The monoisotopic (exact) mass is 552 g/mol. The molecule has 0 spiro atoms. The maximum Gasteiger partial charge on any atom is 0.331 e. The van der Waals surface area contributed by atoms with Crippen molar-refractivity contribution < 1.29 is 49.6 Å². The Morgan fingerprint density at radius 3 is 2.36 bits per heavy atom. The first-order valence-corrected chi connectivity index (χ1v) is 14.6.